The number of hydrogen-bond acceptors (Lipinski definition) is 5. The van der Waals surface area contributed by atoms with Crippen LogP contribution in [-0.2, 0) is 4.79 Å². The van der Waals surface area contributed by atoms with Crippen molar-refractivity contribution >= 4 is 23.2 Å². The van der Waals surface area contributed by atoms with E-state index in [2.05, 4.69) is 15.5 Å². The zero-order chi connectivity index (χ0) is 23.4. The number of ether oxygens (including phenoxy) is 1. The smallest absolute Gasteiger partial charge is 0.262 e. The molecule has 0 radical (unpaired) electrons. The molecule has 33 heavy (non-hydrogen) atoms. The maximum atomic E-state index is 12.7. The third kappa shape index (κ3) is 5.23. The Morgan fingerprint density at radius 3 is 2.55 bits per heavy atom. The van der Waals surface area contributed by atoms with Crippen LogP contribution < -0.4 is 10.1 Å². The quantitative estimate of drug-likeness (QED) is 0.339. The molecule has 0 aliphatic rings. The number of hydrogen-bond donors (Lipinski definition) is 1. The summed E-state index contributed by atoms with van der Waals surface area (Å²) in [4.78, 5) is 17.1. The molecular weight excluding hydrogens is 438 g/mol. The summed E-state index contributed by atoms with van der Waals surface area (Å²) in [5, 5.41) is 7.36. The largest absolute Gasteiger partial charge is 0.482 e. The molecule has 0 saturated heterocycles. The van der Waals surface area contributed by atoms with E-state index in [1.165, 1.54) is 0 Å². The molecule has 0 aliphatic heterocycles. The minimum absolute atomic E-state index is 0.136. The molecule has 4 aromatic rings. The van der Waals surface area contributed by atoms with Crippen molar-refractivity contribution in [1.82, 2.24) is 10.1 Å². The maximum Gasteiger partial charge on any atom is 0.262 e. The molecule has 7 heteroatoms. The average Bonchev–Trinajstić information content (AvgIpc) is 3.31. The van der Waals surface area contributed by atoms with Gasteiger partial charge in [0.15, 0.2) is 12.4 Å². The molecule has 1 N–H and O–H groups in total. The maximum absolute atomic E-state index is 12.7. The van der Waals surface area contributed by atoms with E-state index in [-0.39, 0.29) is 18.4 Å². The number of carbonyl (C=O) groups excluding carboxylic acids is 1. The summed E-state index contributed by atoms with van der Waals surface area (Å²) in [6, 6.07) is 21.0. The highest BCUT2D eigenvalue weighted by Crippen LogP contribution is 2.32. The number of nitrogens with one attached hydrogen (secondary N) is 1. The number of benzene rings is 3. The minimum Gasteiger partial charge on any atom is -0.482 e. The van der Waals surface area contributed by atoms with Crippen molar-refractivity contribution in [3.8, 4) is 28.3 Å². The van der Waals surface area contributed by atoms with Gasteiger partial charge in [-0.3, -0.25) is 4.79 Å². The molecule has 4 rings (SSSR count). The van der Waals surface area contributed by atoms with Gasteiger partial charge in [0.05, 0.1) is 16.3 Å². The van der Waals surface area contributed by atoms with Gasteiger partial charge in [0.2, 0.25) is 0 Å². The van der Waals surface area contributed by atoms with Crippen LogP contribution in [0.1, 0.15) is 31.2 Å². The molecule has 1 heterocycles. The predicted molar refractivity (Wildman–Crippen MR) is 130 cm³/mol. The second kappa shape index (κ2) is 9.88. The lowest BCUT2D eigenvalue weighted by Gasteiger charge is -2.13. The van der Waals surface area contributed by atoms with Gasteiger partial charge in [-0.15, -0.1) is 0 Å². The van der Waals surface area contributed by atoms with Gasteiger partial charge in [-0.1, -0.05) is 79.1 Å². The van der Waals surface area contributed by atoms with Crippen molar-refractivity contribution in [1.29, 1.82) is 0 Å². The molecule has 0 saturated carbocycles. The Labute approximate surface area is 197 Å². The summed E-state index contributed by atoms with van der Waals surface area (Å²) in [7, 11) is 0. The topological polar surface area (TPSA) is 77.3 Å². The number of carbonyl (C=O) groups is 1. The molecule has 6 nitrogen and oxygen atoms in total. The Hall–Kier alpha value is -3.64. The van der Waals surface area contributed by atoms with Crippen LogP contribution in [0.4, 0.5) is 5.69 Å². The first-order chi connectivity index (χ1) is 15.9. The minimum atomic E-state index is -0.322. The number of amides is 1. The summed E-state index contributed by atoms with van der Waals surface area (Å²) in [6.07, 6.45) is 0. The standard InChI is InChI=1S/C26H24ClN3O3/c1-16(2)25-29-26(33-30-25)20-11-7-8-17(3)24(20)28-23(31)15-32-22-13-12-19(14-21(22)27)18-9-5-4-6-10-18/h4-14,16H,15H2,1-3H3,(H,28,31). The van der Waals surface area contributed by atoms with Crippen molar-refractivity contribution in [3.05, 3.63) is 83.1 Å². The molecule has 0 aliphatic carbocycles. The Kier molecular flexibility index (Phi) is 6.75. The first-order valence-electron chi connectivity index (χ1n) is 10.6. The average molecular weight is 462 g/mol. The molecule has 168 valence electrons. The van der Waals surface area contributed by atoms with E-state index >= 15 is 0 Å². The number of nitrogens with zero attached hydrogens (tertiary/aromatic N) is 2. The number of halogens is 1. The van der Waals surface area contributed by atoms with Crippen LogP contribution in [0.25, 0.3) is 22.6 Å². The van der Waals surface area contributed by atoms with E-state index in [0.717, 1.165) is 16.7 Å². The highest BCUT2D eigenvalue weighted by atomic mass is 35.5. The van der Waals surface area contributed by atoms with Gasteiger partial charge in [0, 0.05) is 5.92 Å². The van der Waals surface area contributed by atoms with E-state index < -0.39 is 0 Å². The van der Waals surface area contributed by atoms with Gasteiger partial charge >= 0.3 is 0 Å². The third-order valence-electron chi connectivity index (χ3n) is 5.12. The highest BCUT2D eigenvalue weighted by Gasteiger charge is 2.18. The molecule has 0 fully saturated rings. The Morgan fingerprint density at radius 2 is 1.85 bits per heavy atom. The number of aromatic nitrogens is 2. The van der Waals surface area contributed by atoms with Crippen LogP contribution in [0, 0.1) is 6.92 Å². The van der Waals surface area contributed by atoms with E-state index in [4.69, 9.17) is 20.9 Å². The van der Waals surface area contributed by atoms with E-state index in [1.54, 1.807) is 6.07 Å². The summed E-state index contributed by atoms with van der Waals surface area (Å²) in [6.45, 7) is 5.68. The molecule has 0 atom stereocenters. The molecule has 0 spiro atoms. The summed E-state index contributed by atoms with van der Waals surface area (Å²) in [5.41, 5.74) is 4.17. The number of aryl methyl sites for hydroxylation is 1. The van der Waals surface area contributed by atoms with Crippen molar-refractivity contribution in [2.24, 2.45) is 0 Å². The van der Waals surface area contributed by atoms with Gasteiger partial charge in [-0.05, 0) is 41.8 Å². The van der Waals surface area contributed by atoms with Gasteiger partial charge in [0.25, 0.3) is 11.8 Å². The van der Waals surface area contributed by atoms with E-state index in [0.29, 0.717) is 33.7 Å². The number of para-hydroxylation sites is 1. The lowest BCUT2D eigenvalue weighted by atomic mass is 10.1. The molecule has 1 amide bonds. The van der Waals surface area contributed by atoms with Crippen molar-refractivity contribution in [3.63, 3.8) is 0 Å². The first-order valence-corrected chi connectivity index (χ1v) is 11.0. The van der Waals surface area contributed by atoms with E-state index in [1.807, 2.05) is 81.4 Å². The molecule has 1 aromatic heterocycles. The Balaban J connectivity index is 1.46. The lowest BCUT2D eigenvalue weighted by Crippen LogP contribution is -2.21. The number of rotatable bonds is 7. The van der Waals surface area contributed by atoms with Crippen molar-refractivity contribution < 1.29 is 14.1 Å². The molecule has 0 unspecified atom stereocenters. The predicted octanol–water partition coefficient (Wildman–Crippen LogP) is 6.51. The van der Waals surface area contributed by atoms with Crippen LogP contribution in [0.2, 0.25) is 5.02 Å². The Bertz CT molecular complexity index is 1270. The zero-order valence-corrected chi connectivity index (χ0v) is 19.4. The highest BCUT2D eigenvalue weighted by molar-refractivity contribution is 6.32. The molecular formula is C26H24ClN3O3. The summed E-state index contributed by atoms with van der Waals surface area (Å²) < 4.78 is 11.1. The second-order valence-corrected chi connectivity index (χ2v) is 8.37. The normalized spacial score (nSPS) is 10.9. The second-order valence-electron chi connectivity index (χ2n) is 7.96. The summed E-state index contributed by atoms with van der Waals surface area (Å²) >= 11 is 6.40. The van der Waals surface area contributed by atoms with Crippen LogP contribution in [0.5, 0.6) is 5.75 Å². The molecule has 0 bridgehead atoms. The van der Waals surface area contributed by atoms with Crippen molar-refractivity contribution in [2.75, 3.05) is 11.9 Å². The van der Waals surface area contributed by atoms with Gasteiger partial charge in [-0.2, -0.15) is 4.98 Å². The van der Waals surface area contributed by atoms with Crippen LogP contribution in [0.3, 0.4) is 0 Å². The fourth-order valence-electron chi connectivity index (χ4n) is 3.34. The lowest BCUT2D eigenvalue weighted by molar-refractivity contribution is -0.118. The third-order valence-corrected chi connectivity index (χ3v) is 5.42. The first kappa shape index (κ1) is 22.6. The zero-order valence-electron chi connectivity index (χ0n) is 18.6. The summed E-state index contributed by atoms with van der Waals surface area (Å²) in [5.74, 6) is 1.22. The number of anilines is 1. The van der Waals surface area contributed by atoms with Crippen LogP contribution in [0.15, 0.2) is 71.3 Å². The van der Waals surface area contributed by atoms with Gasteiger partial charge in [-0.25, -0.2) is 0 Å². The van der Waals surface area contributed by atoms with Gasteiger partial charge < -0.3 is 14.6 Å². The van der Waals surface area contributed by atoms with Gasteiger partial charge in [0.1, 0.15) is 5.75 Å². The Morgan fingerprint density at radius 1 is 1.06 bits per heavy atom. The fourth-order valence-corrected chi connectivity index (χ4v) is 3.57. The van der Waals surface area contributed by atoms with Crippen LogP contribution in [-0.4, -0.2) is 22.7 Å². The van der Waals surface area contributed by atoms with Crippen LogP contribution >= 0.6 is 11.6 Å². The van der Waals surface area contributed by atoms with E-state index in [9.17, 15) is 4.79 Å². The monoisotopic (exact) mass is 461 g/mol. The molecule has 3 aromatic carbocycles. The fraction of sp³-hybridized carbons (Fsp3) is 0.192. The van der Waals surface area contributed by atoms with Crippen molar-refractivity contribution in [2.45, 2.75) is 26.7 Å². The SMILES string of the molecule is Cc1cccc(-c2nc(C(C)C)no2)c1NC(=O)COc1ccc(-c2ccccc2)cc1Cl.